The van der Waals surface area contributed by atoms with Gasteiger partial charge in [0.05, 0.1) is 22.1 Å². The number of nitrogens with zero attached hydrogens (tertiary/aromatic N) is 2. The number of rotatable bonds is 4. The summed E-state index contributed by atoms with van der Waals surface area (Å²) in [7, 11) is 0. The quantitative estimate of drug-likeness (QED) is 0.669. The van der Waals surface area contributed by atoms with E-state index in [0.29, 0.717) is 17.1 Å². The van der Waals surface area contributed by atoms with Crippen LogP contribution in [0.3, 0.4) is 0 Å². The second-order valence-corrected chi connectivity index (χ2v) is 4.83. The normalized spacial score (nSPS) is 19.8. The number of benzene rings is 1. The number of hydrogen-bond donors (Lipinski definition) is 1. The van der Waals surface area contributed by atoms with Gasteiger partial charge < -0.3 is 9.84 Å². The van der Waals surface area contributed by atoms with Gasteiger partial charge in [0.2, 0.25) is 0 Å². The zero-order valence-corrected chi connectivity index (χ0v) is 11.2. The molecule has 20 heavy (non-hydrogen) atoms. The number of nitro groups is 1. The van der Waals surface area contributed by atoms with Crippen LogP contribution in [0.5, 0.6) is 0 Å². The Morgan fingerprint density at radius 3 is 3.00 bits per heavy atom. The lowest BCUT2D eigenvalue weighted by Crippen LogP contribution is -2.45. The third kappa shape index (κ3) is 3.24. The summed E-state index contributed by atoms with van der Waals surface area (Å²) in [6.07, 6.45) is -0.912. The minimum absolute atomic E-state index is 0.0594. The summed E-state index contributed by atoms with van der Waals surface area (Å²) in [5, 5.41) is 20.2. The second-order valence-electron chi connectivity index (χ2n) is 4.43. The van der Waals surface area contributed by atoms with Crippen molar-refractivity contribution in [3.63, 3.8) is 0 Å². The monoisotopic (exact) mass is 300 g/mol. The van der Waals surface area contributed by atoms with Gasteiger partial charge in [0.1, 0.15) is 0 Å². The molecule has 1 fully saturated rings. The van der Waals surface area contributed by atoms with Gasteiger partial charge in [-0.05, 0) is 6.07 Å². The smallest absolute Gasteiger partial charge is 0.334 e. The average molecular weight is 301 g/mol. The summed E-state index contributed by atoms with van der Waals surface area (Å²) < 4.78 is 5.11. The highest BCUT2D eigenvalue weighted by Crippen LogP contribution is 2.28. The van der Waals surface area contributed by atoms with Crippen molar-refractivity contribution in [3.05, 3.63) is 38.9 Å². The molecule has 0 aliphatic carbocycles. The Morgan fingerprint density at radius 2 is 2.35 bits per heavy atom. The van der Waals surface area contributed by atoms with Crippen LogP contribution >= 0.6 is 11.6 Å². The Hall–Kier alpha value is -1.70. The number of carbonyl (C=O) groups is 1. The van der Waals surface area contributed by atoms with Gasteiger partial charge in [-0.2, -0.15) is 0 Å². The van der Waals surface area contributed by atoms with Crippen LogP contribution in [0.1, 0.15) is 5.56 Å². The van der Waals surface area contributed by atoms with E-state index in [9.17, 15) is 14.9 Å². The van der Waals surface area contributed by atoms with Crippen LogP contribution in [0, 0.1) is 10.1 Å². The van der Waals surface area contributed by atoms with Crippen LogP contribution in [-0.2, 0) is 16.1 Å². The Bertz CT molecular complexity index is 537. The molecule has 0 saturated carbocycles. The molecule has 1 heterocycles. The predicted octanol–water partition coefficient (Wildman–Crippen LogP) is 1.53. The molecular formula is C12H13ClN2O5. The van der Waals surface area contributed by atoms with E-state index in [2.05, 4.69) is 0 Å². The molecule has 1 N–H and O–H groups in total. The highest BCUT2D eigenvalue weighted by atomic mass is 35.5. The molecule has 1 aromatic rings. The highest BCUT2D eigenvalue weighted by Gasteiger charge is 2.28. The first-order valence-corrected chi connectivity index (χ1v) is 6.35. The predicted molar refractivity (Wildman–Crippen MR) is 70.8 cm³/mol. The fraction of sp³-hybridized carbons (Fsp3) is 0.417. The number of aliphatic carboxylic acids is 1. The van der Waals surface area contributed by atoms with Crippen LogP contribution in [0.2, 0.25) is 5.02 Å². The maximum absolute atomic E-state index is 11.0. The zero-order chi connectivity index (χ0) is 14.7. The Labute approximate surface area is 119 Å². The van der Waals surface area contributed by atoms with Crippen LogP contribution in [0.15, 0.2) is 18.2 Å². The summed E-state index contributed by atoms with van der Waals surface area (Å²) in [6.45, 7) is 1.18. The van der Waals surface area contributed by atoms with Crippen molar-refractivity contribution in [2.45, 2.75) is 12.6 Å². The van der Waals surface area contributed by atoms with Crippen molar-refractivity contribution in [1.29, 1.82) is 0 Å². The Balaban J connectivity index is 2.17. The van der Waals surface area contributed by atoms with Crippen molar-refractivity contribution < 1.29 is 19.6 Å². The average Bonchev–Trinajstić information content (AvgIpc) is 2.41. The second kappa shape index (κ2) is 6.17. The molecule has 7 nitrogen and oxygen atoms in total. The lowest BCUT2D eigenvalue weighted by atomic mass is 10.1. The standard InChI is InChI=1S/C12H13ClN2O5/c13-9-2-1-3-10(15(18)19)8(9)6-14-4-5-20-11(7-14)12(16)17/h1-3,11H,4-7H2,(H,16,17). The molecule has 1 aliphatic rings. The Kier molecular flexibility index (Phi) is 4.53. The SMILES string of the molecule is O=C(O)C1CN(Cc2c(Cl)cccc2[N+](=O)[O-])CCO1. The first kappa shape index (κ1) is 14.7. The van der Waals surface area contributed by atoms with E-state index in [0.717, 1.165) is 0 Å². The fourth-order valence-electron chi connectivity index (χ4n) is 2.09. The molecule has 0 bridgehead atoms. The molecule has 0 aromatic heterocycles. The third-order valence-electron chi connectivity index (χ3n) is 3.10. The van der Waals surface area contributed by atoms with Gasteiger partial charge in [-0.3, -0.25) is 15.0 Å². The van der Waals surface area contributed by atoms with E-state index in [1.165, 1.54) is 12.1 Å². The largest absolute Gasteiger partial charge is 0.479 e. The van der Waals surface area contributed by atoms with Gasteiger partial charge in [-0.1, -0.05) is 17.7 Å². The summed E-state index contributed by atoms with van der Waals surface area (Å²) in [6, 6.07) is 4.48. The van der Waals surface area contributed by atoms with Crippen molar-refractivity contribution >= 4 is 23.3 Å². The van der Waals surface area contributed by atoms with E-state index in [4.69, 9.17) is 21.4 Å². The Morgan fingerprint density at radius 1 is 1.60 bits per heavy atom. The molecule has 1 unspecified atom stereocenters. The van der Waals surface area contributed by atoms with Crippen LogP contribution in [0.4, 0.5) is 5.69 Å². The van der Waals surface area contributed by atoms with E-state index < -0.39 is 17.0 Å². The molecule has 1 saturated heterocycles. The summed E-state index contributed by atoms with van der Waals surface area (Å²) >= 11 is 6.01. The number of carboxylic acid groups (broad SMARTS) is 1. The van der Waals surface area contributed by atoms with Crippen molar-refractivity contribution in [1.82, 2.24) is 4.90 Å². The molecule has 108 valence electrons. The van der Waals surface area contributed by atoms with Crippen molar-refractivity contribution in [2.24, 2.45) is 0 Å². The first-order valence-electron chi connectivity index (χ1n) is 5.97. The number of morpholine rings is 1. The molecule has 2 rings (SSSR count). The fourth-order valence-corrected chi connectivity index (χ4v) is 2.32. The lowest BCUT2D eigenvalue weighted by molar-refractivity contribution is -0.385. The molecule has 1 atom stereocenters. The van der Waals surface area contributed by atoms with Crippen LogP contribution in [0.25, 0.3) is 0 Å². The number of nitro benzene ring substituents is 1. The highest BCUT2D eigenvalue weighted by molar-refractivity contribution is 6.31. The molecule has 0 amide bonds. The topological polar surface area (TPSA) is 92.9 Å². The van der Waals surface area contributed by atoms with E-state index in [1.54, 1.807) is 11.0 Å². The van der Waals surface area contributed by atoms with Gasteiger partial charge in [0.25, 0.3) is 5.69 Å². The van der Waals surface area contributed by atoms with E-state index in [-0.39, 0.29) is 25.4 Å². The molecule has 1 aromatic carbocycles. The van der Waals surface area contributed by atoms with Gasteiger partial charge >= 0.3 is 5.97 Å². The third-order valence-corrected chi connectivity index (χ3v) is 3.45. The van der Waals surface area contributed by atoms with Gasteiger partial charge in [0.15, 0.2) is 6.10 Å². The van der Waals surface area contributed by atoms with Gasteiger partial charge in [-0.25, -0.2) is 4.79 Å². The zero-order valence-electron chi connectivity index (χ0n) is 10.5. The minimum Gasteiger partial charge on any atom is -0.479 e. The maximum atomic E-state index is 11.0. The lowest BCUT2D eigenvalue weighted by Gasteiger charge is -2.30. The number of halogens is 1. The summed E-state index contributed by atoms with van der Waals surface area (Å²) in [5.74, 6) is -1.04. The minimum atomic E-state index is -1.04. The van der Waals surface area contributed by atoms with Crippen LogP contribution in [-0.4, -0.2) is 46.7 Å². The molecule has 0 spiro atoms. The van der Waals surface area contributed by atoms with E-state index >= 15 is 0 Å². The molecule has 1 aliphatic heterocycles. The van der Waals surface area contributed by atoms with E-state index in [1.807, 2.05) is 0 Å². The van der Waals surface area contributed by atoms with Crippen molar-refractivity contribution in [3.8, 4) is 0 Å². The maximum Gasteiger partial charge on any atom is 0.334 e. The number of carboxylic acids is 1. The van der Waals surface area contributed by atoms with Gasteiger partial charge in [-0.15, -0.1) is 0 Å². The van der Waals surface area contributed by atoms with Crippen molar-refractivity contribution in [2.75, 3.05) is 19.7 Å². The number of hydrogen-bond acceptors (Lipinski definition) is 5. The molecule has 0 radical (unpaired) electrons. The summed E-state index contributed by atoms with van der Waals surface area (Å²) in [4.78, 5) is 23.2. The first-order chi connectivity index (χ1) is 9.49. The molecule has 8 heteroatoms. The van der Waals surface area contributed by atoms with Crippen LogP contribution < -0.4 is 0 Å². The van der Waals surface area contributed by atoms with Gasteiger partial charge in [0, 0.05) is 25.7 Å². The number of ether oxygens (including phenoxy) is 1. The summed E-state index contributed by atoms with van der Waals surface area (Å²) in [5.41, 5.74) is 0.334. The molecular weight excluding hydrogens is 288 g/mol.